The molecule has 0 radical (unpaired) electrons. The van der Waals surface area contributed by atoms with Crippen LogP contribution in [-0.4, -0.2) is 37.2 Å². The number of hydrogen-bond acceptors (Lipinski definition) is 6. The predicted molar refractivity (Wildman–Crippen MR) is 325 cm³/mol. The number of carbonyl (C=O) groups is 3. The normalized spacial score (nSPS) is 12.8. The number of allylic oxidation sites excluding steroid dienone is 18. The Balaban J connectivity index is 4.37. The largest absolute Gasteiger partial charge is 0.462 e. The van der Waals surface area contributed by atoms with Crippen LogP contribution in [-0.2, 0) is 28.6 Å². The number of unbranched alkanes of at least 4 members (excludes halogenated alkanes) is 27. The summed E-state index contributed by atoms with van der Waals surface area (Å²) in [6.45, 7) is 6.34. The Bertz CT molecular complexity index is 1520. The van der Waals surface area contributed by atoms with Crippen LogP contribution >= 0.6 is 0 Å². The van der Waals surface area contributed by atoms with Crippen molar-refractivity contribution >= 4 is 17.9 Å². The first kappa shape index (κ1) is 71.1. The van der Waals surface area contributed by atoms with Crippen LogP contribution in [0.5, 0.6) is 0 Å². The van der Waals surface area contributed by atoms with Crippen molar-refractivity contribution in [1.82, 2.24) is 0 Å². The van der Waals surface area contributed by atoms with E-state index in [9.17, 15) is 14.4 Å². The molecule has 0 bridgehead atoms. The van der Waals surface area contributed by atoms with E-state index in [-0.39, 0.29) is 44.0 Å². The van der Waals surface area contributed by atoms with E-state index >= 15 is 0 Å². The molecule has 0 fully saturated rings. The summed E-state index contributed by atoms with van der Waals surface area (Å²) in [5.41, 5.74) is 0. The lowest BCUT2D eigenvalue weighted by Gasteiger charge is -2.18. The minimum absolute atomic E-state index is 0.113. The fourth-order valence-electron chi connectivity index (χ4n) is 8.66. The average Bonchev–Trinajstić information content (AvgIpc) is 3.41. The van der Waals surface area contributed by atoms with Gasteiger partial charge in [0.15, 0.2) is 6.10 Å². The van der Waals surface area contributed by atoms with E-state index in [1.54, 1.807) is 0 Å². The average molecular weight is 1040 g/mol. The van der Waals surface area contributed by atoms with Gasteiger partial charge in [0.05, 0.1) is 0 Å². The smallest absolute Gasteiger partial charge is 0.306 e. The molecule has 0 saturated carbocycles. The number of carbonyl (C=O) groups excluding carboxylic acids is 3. The van der Waals surface area contributed by atoms with Gasteiger partial charge in [0.1, 0.15) is 13.2 Å². The van der Waals surface area contributed by atoms with Crippen molar-refractivity contribution in [3.63, 3.8) is 0 Å². The molecule has 6 nitrogen and oxygen atoms in total. The van der Waals surface area contributed by atoms with Crippen molar-refractivity contribution in [2.75, 3.05) is 13.2 Å². The van der Waals surface area contributed by atoms with Crippen LogP contribution in [0, 0.1) is 0 Å². The van der Waals surface area contributed by atoms with Crippen LogP contribution in [0.15, 0.2) is 109 Å². The van der Waals surface area contributed by atoms with Crippen molar-refractivity contribution in [3.05, 3.63) is 109 Å². The molecule has 1 atom stereocenters. The molecular weight excluding hydrogens is 925 g/mol. The highest BCUT2D eigenvalue weighted by atomic mass is 16.6. The summed E-state index contributed by atoms with van der Waals surface area (Å²) in [5, 5.41) is 0. The van der Waals surface area contributed by atoms with E-state index in [0.29, 0.717) is 19.3 Å². The van der Waals surface area contributed by atoms with Gasteiger partial charge in [0.2, 0.25) is 0 Å². The Morgan fingerprint density at radius 2 is 0.547 bits per heavy atom. The second-order valence-electron chi connectivity index (χ2n) is 20.6. The van der Waals surface area contributed by atoms with E-state index in [2.05, 4.69) is 124 Å². The molecule has 75 heavy (non-hydrogen) atoms. The molecule has 0 aliphatic heterocycles. The van der Waals surface area contributed by atoms with Crippen molar-refractivity contribution < 1.29 is 28.6 Å². The standard InChI is InChI=1S/C69H116O6/c1-4-7-10-13-16-19-22-25-27-29-31-32-33-34-35-36-38-39-41-44-47-50-53-56-59-62-68(71)74-65-66(64-73-67(70)61-58-55-52-49-46-43-24-21-18-15-12-9-6-3)75-69(72)63-60-57-54-51-48-45-42-40-37-30-28-26-23-20-17-14-11-8-5-2/h8-9,11-12,17-18,20-21,26,28,37,40,43,45-46,48,52,55,66H,4-7,10,13-16,19,22-25,27,29-36,38-39,41-42,44,47,49-51,53-54,56-65H2,1-3H3/b11-8-,12-9-,20-17-,21-18-,28-26-,40-37-,46-43-,48-45-,55-52-. The second kappa shape index (κ2) is 62.6. The molecule has 1 unspecified atom stereocenters. The lowest BCUT2D eigenvalue weighted by molar-refractivity contribution is -0.166. The molecule has 0 heterocycles. The number of esters is 3. The topological polar surface area (TPSA) is 78.9 Å². The highest BCUT2D eigenvalue weighted by Gasteiger charge is 2.19. The first-order valence-electron chi connectivity index (χ1n) is 31.4. The van der Waals surface area contributed by atoms with Crippen molar-refractivity contribution in [1.29, 1.82) is 0 Å². The SMILES string of the molecule is CC/C=C\C/C=C\C/C=C\C/C=C\C/C=C\CCCCCC(=O)OC(COC(=O)CC/C=C\C/C=C\C/C=C\C/C=C\CC)COC(=O)CCCCCCCCCCCCCCCCCCCCCCCCCCC. The van der Waals surface area contributed by atoms with Crippen LogP contribution in [0.25, 0.3) is 0 Å². The molecule has 0 saturated heterocycles. The first-order valence-corrected chi connectivity index (χ1v) is 31.4. The molecule has 0 aliphatic carbocycles. The Labute approximate surface area is 463 Å². The van der Waals surface area contributed by atoms with Crippen LogP contribution < -0.4 is 0 Å². The van der Waals surface area contributed by atoms with Crippen molar-refractivity contribution in [2.24, 2.45) is 0 Å². The molecule has 0 spiro atoms. The van der Waals surface area contributed by atoms with Gasteiger partial charge >= 0.3 is 17.9 Å². The molecule has 0 amide bonds. The Hall–Kier alpha value is -3.93. The van der Waals surface area contributed by atoms with Gasteiger partial charge in [-0.2, -0.15) is 0 Å². The third-order valence-corrected chi connectivity index (χ3v) is 13.3. The Kier molecular flexibility index (Phi) is 59.3. The Morgan fingerprint density at radius 3 is 0.893 bits per heavy atom. The molecule has 0 aromatic rings. The maximum absolute atomic E-state index is 12.9. The summed E-state index contributed by atoms with van der Waals surface area (Å²) >= 11 is 0. The van der Waals surface area contributed by atoms with Crippen molar-refractivity contribution in [3.8, 4) is 0 Å². The van der Waals surface area contributed by atoms with Gasteiger partial charge in [-0.3, -0.25) is 14.4 Å². The van der Waals surface area contributed by atoms with Crippen LogP contribution in [0.2, 0.25) is 0 Å². The van der Waals surface area contributed by atoms with Crippen LogP contribution in [0.3, 0.4) is 0 Å². The van der Waals surface area contributed by atoms with E-state index in [0.717, 1.165) is 96.3 Å². The minimum atomic E-state index is -0.826. The zero-order chi connectivity index (χ0) is 54.3. The van der Waals surface area contributed by atoms with Crippen LogP contribution in [0.1, 0.15) is 290 Å². The molecule has 428 valence electrons. The lowest BCUT2D eigenvalue weighted by atomic mass is 10.0. The summed E-state index contributed by atoms with van der Waals surface area (Å²) < 4.78 is 16.8. The maximum atomic E-state index is 12.9. The highest BCUT2D eigenvalue weighted by Crippen LogP contribution is 2.17. The minimum Gasteiger partial charge on any atom is -0.462 e. The molecule has 0 aromatic carbocycles. The summed E-state index contributed by atoms with van der Waals surface area (Å²) in [6.07, 6.45) is 85.5. The lowest BCUT2D eigenvalue weighted by Crippen LogP contribution is -2.30. The zero-order valence-electron chi connectivity index (χ0n) is 49.0. The quantitative estimate of drug-likeness (QED) is 0.0261. The fourth-order valence-corrected chi connectivity index (χ4v) is 8.66. The fraction of sp³-hybridized carbons (Fsp3) is 0.696. The van der Waals surface area contributed by atoms with Gasteiger partial charge in [0.25, 0.3) is 0 Å². The molecular formula is C69H116O6. The monoisotopic (exact) mass is 1040 g/mol. The number of rotatable bonds is 56. The first-order chi connectivity index (χ1) is 37.0. The third-order valence-electron chi connectivity index (χ3n) is 13.3. The molecule has 6 heteroatoms. The highest BCUT2D eigenvalue weighted by molar-refractivity contribution is 5.71. The van der Waals surface area contributed by atoms with E-state index in [1.807, 2.05) is 6.08 Å². The summed E-state index contributed by atoms with van der Waals surface area (Å²) in [6, 6.07) is 0. The summed E-state index contributed by atoms with van der Waals surface area (Å²) in [4.78, 5) is 38.2. The van der Waals surface area contributed by atoms with E-state index in [1.165, 1.54) is 141 Å². The van der Waals surface area contributed by atoms with Gasteiger partial charge in [0, 0.05) is 19.3 Å². The second-order valence-corrected chi connectivity index (χ2v) is 20.6. The third kappa shape index (κ3) is 60.8. The van der Waals surface area contributed by atoms with E-state index < -0.39 is 6.10 Å². The van der Waals surface area contributed by atoms with Gasteiger partial charge < -0.3 is 14.2 Å². The number of ether oxygens (including phenoxy) is 3. The number of hydrogen-bond donors (Lipinski definition) is 0. The molecule has 0 N–H and O–H groups in total. The molecule has 0 aliphatic rings. The summed E-state index contributed by atoms with van der Waals surface area (Å²) in [7, 11) is 0. The predicted octanol–water partition coefficient (Wildman–Crippen LogP) is 21.4. The molecule has 0 aromatic heterocycles. The summed E-state index contributed by atoms with van der Waals surface area (Å²) in [5.74, 6) is -1.02. The zero-order valence-corrected chi connectivity index (χ0v) is 49.0. The van der Waals surface area contributed by atoms with E-state index in [4.69, 9.17) is 14.2 Å². The van der Waals surface area contributed by atoms with Gasteiger partial charge in [-0.25, -0.2) is 0 Å². The Morgan fingerprint density at radius 1 is 0.280 bits per heavy atom. The van der Waals surface area contributed by atoms with Gasteiger partial charge in [-0.05, 0) is 89.9 Å². The molecule has 0 rings (SSSR count). The van der Waals surface area contributed by atoms with Crippen LogP contribution in [0.4, 0.5) is 0 Å². The van der Waals surface area contributed by atoms with Crippen molar-refractivity contribution in [2.45, 2.75) is 297 Å². The van der Waals surface area contributed by atoms with Gasteiger partial charge in [-0.15, -0.1) is 0 Å². The van der Waals surface area contributed by atoms with Gasteiger partial charge in [-0.1, -0.05) is 291 Å². The maximum Gasteiger partial charge on any atom is 0.306 e.